The first-order valence-corrected chi connectivity index (χ1v) is 9.32. The highest BCUT2D eigenvalue weighted by Gasteiger charge is 2.45. The molecule has 4 heterocycles. The zero-order chi connectivity index (χ0) is 19.6. The number of aromatic nitrogens is 4. The van der Waals surface area contributed by atoms with Crippen molar-refractivity contribution >= 4 is 22.5 Å². The van der Waals surface area contributed by atoms with Crippen molar-refractivity contribution in [3.63, 3.8) is 0 Å². The molecule has 148 valence electrons. The summed E-state index contributed by atoms with van der Waals surface area (Å²) >= 11 is 0. The van der Waals surface area contributed by atoms with Gasteiger partial charge in [0.2, 0.25) is 5.95 Å². The van der Waals surface area contributed by atoms with Gasteiger partial charge in [-0.1, -0.05) is 0 Å². The lowest BCUT2D eigenvalue weighted by Crippen LogP contribution is -2.34. The van der Waals surface area contributed by atoms with Crippen molar-refractivity contribution in [2.75, 3.05) is 12.3 Å². The molecule has 0 aliphatic carbocycles. The summed E-state index contributed by atoms with van der Waals surface area (Å²) in [6, 6.07) is 4.12. The number of hydrogen-bond donors (Lipinski definition) is 1. The number of fused-ring (bicyclic) bond motifs is 5. The molecule has 2 aliphatic rings. The third kappa shape index (κ3) is 2.62. The van der Waals surface area contributed by atoms with Crippen LogP contribution in [0.4, 0.5) is 14.7 Å². The molecule has 1 saturated heterocycles. The Kier molecular flexibility index (Phi) is 3.64. The maximum atomic E-state index is 13.5. The predicted molar refractivity (Wildman–Crippen MR) is 97.5 cm³/mol. The number of ether oxygens (including phenoxy) is 2. The quantitative estimate of drug-likeness (QED) is 0.735. The Morgan fingerprint density at radius 2 is 1.93 bits per heavy atom. The summed E-state index contributed by atoms with van der Waals surface area (Å²) in [4.78, 5) is 11.3. The Morgan fingerprint density at radius 3 is 2.68 bits per heavy atom. The Morgan fingerprint density at radius 1 is 1.18 bits per heavy atom. The zero-order valence-electron chi connectivity index (χ0n) is 15.5. The van der Waals surface area contributed by atoms with E-state index in [1.165, 1.54) is 23.4 Å². The number of nitrogens with two attached hydrogens (primary N) is 1. The van der Waals surface area contributed by atoms with E-state index in [1.807, 2.05) is 0 Å². The van der Waals surface area contributed by atoms with Crippen LogP contribution in [0.25, 0.3) is 16.6 Å². The highest BCUT2D eigenvalue weighted by molar-refractivity contribution is 5.97. The van der Waals surface area contributed by atoms with Gasteiger partial charge in [0.05, 0.1) is 0 Å². The van der Waals surface area contributed by atoms with Gasteiger partial charge in [0, 0.05) is 30.4 Å². The van der Waals surface area contributed by atoms with Crippen LogP contribution >= 0.6 is 0 Å². The smallest absolute Gasteiger partial charge is 0.395 e. The Hall–Kier alpha value is -2.75. The summed E-state index contributed by atoms with van der Waals surface area (Å²) in [5.41, 5.74) is 6.66. The SMILES string of the molecule is C[C@@H]1CC[C@@H](C)N1CCc1nc2c3ccc4c(c3nc(N)n2n1)OC(F)(F)O4. The second-order valence-corrected chi connectivity index (χ2v) is 7.45. The van der Waals surface area contributed by atoms with E-state index in [4.69, 9.17) is 5.73 Å². The normalized spacial score (nSPS) is 23.9. The molecule has 2 N–H and O–H groups in total. The van der Waals surface area contributed by atoms with Gasteiger partial charge < -0.3 is 15.2 Å². The molecule has 1 aromatic carbocycles. The van der Waals surface area contributed by atoms with Crippen molar-refractivity contribution in [1.82, 2.24) is 24.5 Å². The fraction of sp³-hybridized carbons (Fsp3) is 0.500. The van der Waals surface area contributed by atoms with E-state index in [2.05, 4.69) is 43.3 Å². The molecule has 0 amide bonds. The number of anilines is 1. The fourth-order valence-electron chi connectivity index (χ4n) is 4.17. The standard InChI is InChI=1S/C18H20F2N6O2/c1-9-3-4-10(2)25(9)8-7-13-22-16-11-5-6-12-15(28-18(19,20)27-12)14(11)23-17(21)26(16)24-13/h5-6,9-10H,3-4,7-8H2,1-2H3,(H2,21,23)/t9-,10-/m1/s1. The van der Waals surface area contributed by atoms with Crippen molar-refractivity contribution in [3.05, 3.63) is 18.0 Å². The van der Waals surface area contributed by atoms with E-state index < -0.39 is 6.29 Å². The van der Waals surface area contributed by atoms with E-state index in [-0.39, 0.29) is 23.0 Å². The second-order valence-electron chi connectivity index (χ2n) is 7.45. The van der Waals surface area contributed by atoms with Crippen LogP contribution in [0.5, 0.6) is 11.5 Å². The van der Waals surface area contributed by atoms with Gasteiger partial charge in [-0.3, -0.25) is 4.90 Å². The van der Waals surface area contributed by atoms with E-state index in [1.54, 1.807) is 6.07 Å². The second kappa shape index (κ2) is 5.87. The summed E-state index contributed by atoms with van der Waals surface area (Å²) in [5, 5.41) is 4.99. The van der Waals surface area contributed by atoms with Crippen LogP contribution in [0.1, 0.15) is 32.5 Å². The molecule has 0 radical (unpaired) electrons. The zero-order valence-corrected chi connectivity index (χ0v) is 15.5. The molecule has 10 heteroatoms. The lowest BCUT2D eigenvalue weighted by atomic mass is 10.2. The number of nitrogens with zero attached hydrogens (tertiary/aromatic N) is 5. The minimum atomic E-state index is -3.72. The van der Waals surface area contributed by atoms with Crippen LogP contribution < -0.4 is 15.2 Å². The summed E-state index contributed by atoms with van der Waals surface area (Å²) in [7, 11) is 0. The summed E-state index contributed by atoms with van der Waals surface area (Å²) in [5.74, 6) is 0.470. The monoisotopic (exact) mass is 390 g/mol. The molecule has 28 heavy (non-hydrogen) atoms. The van der Waals surface area contributed by atoms with Crippen molar-refractivity contribution in [2.45, 2.75) is 51.5 Å². The molecule has 2 aromatic heterocycles. The lowest BCUT2D eigenvalue weighted by molar-refractivity contribution is -0.286. The van der Waals surface area contributed by atoms with Gasteiger partial charge >= 0.3 is 6.29 Å². The molecular formula is C18H20F2N6O2. The molecule has 0 unspecified atom stereocenters. The van der Waals surface area contributed by atoms with E-state index in [0.29, 0.717) is 35.4 Å². The molecule has 2 atom stereocenters. The summed E-state index contributed by atoms with van der Waals surface area (Å²) < 4.78 is 37.5. The molecule has 0 saturated carbocycles. The highest BCUT2D eigenvalue weighted by atomic mass is 19.3. The molecule has 8 nitrogen and oxygen atoms in total. The van der Waals surface area contributed by atoms with E-state index in [0.717, 1.165) is 6.54 Å². The van der Waals surface area contributed by atoms with Gasteiger partial charge in [-0.05, 0) is 38.8 Å². The number of likely N-dealkylation sites (tertiary alicyclic amines) is 1. The summed E-state index contributed by atoms with van der Waals surface area (Å²) in [6.07, 6.45) is -0.667. The van der Waals surface area contributed by atoms with E-state index in [9.17, 15) is 8.78 Å². The maximum Gasteiger partial charge on any atom is 0.586 e. The average molecular weight is 390 g/mol. The molecule has 3 aromatic rings. The van der Waals surface area contributed by atoms with Gasteiger partial charge in [-0.15, -0.1) is 13.9 Å². The highest BCUT2D eigenvalue weighted by Crippen LogP contribution is 2.45. The molecule has 0 spiro atoms. The number of nitrogen functional groups attached to an aromatic ring is 1. The number of hydrogen-bond acceptors (Lipinski definition) is 7. The average Bonchev–Trinajstić information content (AvgIpc) is 3.28. The Labute approximate surface area is 159 Å². The first-order valence-electron chi connectivity index (χ1n) is 9.32. The van der Waals surface area contributed by atoms with Gasteiger partial charge in [-0.25, -0.2) is 9.97 Å². The first-order chi connectivity index (χ1) is 13.3. The minimum absolute atomic E-state index is 0.0522. The topological polar surface area (TPSA) is 90.8 Å². The van der Waals surface area contributed by atoms with Crippen LogP contribution in [-0.2, 0) is 6.42 Å². The minimum Gasteiger partial charge on any atom is -0.395 e. The van der Waals surface area contributed by atoms with E-state index >= 15 is 0 Å². The molecule has 5 rings (SSSR count). The number of halogens is 2. The Balaban J connectivity index is 1.53. The molecule has 2 aliphatic heterocycles. The fourth-order valence-corrected chi connectivity index (χ4v) is 4.17. The number of alkyl halides is 2. The summed E-state index contributed by atoms with van der Waals surface area (Å²) in [6.45, 7) is 5.31. The first kappa shape index (κ1) is 17.4. The van der Waals surface area contributed by atoms with Crippen LogP contribution in [0, 0.1) is 0 Å². The predicted octanol–water partition coefficient (Wildman–Crippen LogP) is 2.60. The van der Waals surface area contributed by atoms with Gasteiger partial charge in [0.15, 0.2) is 23.0 Å². The van der Waals surface area contributed by atoms with Crippen LogP contribution in [-0.4, -0.2) is 49.4 Å². The molecule has 1 fully saturated rings. The molecular weight excluding hydrogens is 370 g/mol. The number of benzene rings is 1. The van der Waals surface area contributed by atoms with Gasteiger partial charge in [0.1, 0.15) is 5.52 Å². The van der Waals surface area contributed by atoms with Crippen LogP contribution in [0.15, 0.2) is 12.1 Å². The molecule has 0 bridgehead atoms. The van der Waals surface area contributed by atoms with Crippen molar-refractivity contribution < 1.29 is 18.3 Å². The van der Waals surface area contributed by atoms with Crippen molar-refractivity contribution in [3.8, 4) is 11.5 Å². The number of rotatable bonds is 3. The largest absolute Gasteiger partial charge is 0.586 e. The van der Waals surface area contributed by atoms with Gasteiger partial charge in [-0.2, -0.15) is 4.52 Å². The van der Waals surface area contributed by atoms with Crippen molar-refractivity contribution in [2.24, 2.45) is 0 Å². The third-order valence-electron chi connectivity index (χ3n) is 5.61. The maximum absolute atomic E-state index is 13.5. The lowest BCUT2D eigenvalue weighted by Gasteiger charge is -2.25. The van der Waals surface area contributed by atoms with Crippen LogP contribution in [0.3, 0.4) is 0 Å². The Bertz CT molecular complexity index is 1080. The van der Waals surface area contributed by atoms with Crippen LogP contribution in [0.2, 0.25) is 0 Å². The third-order valence-corrected chi connectivity index (χ3v) is 5.61. The van der Waals surface area contributed by atoms with Crippen molar-refractivity contribution in [1.29, 1.82) is 0 Å². The van der Waals surface area contributed by atoms with Gasteiger partial charge in [0.25, 0.3) is 0 Å².